The Morgan fingerprint density at radius 2 is 1.47 bits per heavy atom. The number of benzene rings is 2. The van der Waals surface area contributed by atoms with Crippen LogP contribution in [0.2, 0.25) is 0 Å². The fraction of sp³-hybridized carbons (Fsp3) is 0.208. The minimum atomic E-state index is -0.418. The molecule has 10 nitrogen and oxygen atoms in total. The summed E-state index contributed by atoms with van der Waals surface area (Å²) in [6.45, 7) is 0. The molecule has 1 N–H and O–H groups in total. The fourth-order valence-electron chi connectivity index (χ4n) is 3.57. The van der Waals surface area contributed by atoms with Crippen molar-refractivity contribution in [1.29, 1.82) is 0 Å². The Hall–Kier alpha value is -4.47. The Labute approximate surface area is 196 Å². The standard InChI is InChI=1S/C24H24N4O6/c1-30-18-7-6-14(10-19(18)31-2)17-8-9-25-22-13-16(27-28(17)22)24(29)26-15-11-20(32-3)23(34-5)21(12-15)33-4/h6-13H,1-5H3,(H,26,29). The molecular formula is C24H24N4O6. The number of aromatic nitrogens is 3. The monoisotopic (exact) mass is 464 g/mol. The van der Waals surface area contributed by atoms with Gasteiger partial charge in [0.25, 0.3) is 5.91 Å². The van der Waals surface area contributed by atoms with Gasteiger partial charge in [-0.05, 0) is 24.3 Å². The van der Waals surface area contributed by atoms with Crippen LogP contribution in [0.15, 0.2) is 48.7 Å². The molecular weight excluding hydrogens is 440 g/mol. The zero-order chi connectivity index (χ0) is 24.2. The maximum absolute atomic E-state index is 13.0. The number of anilines is 1. The van der Waals surface area contributed by atoms with E-state index < -0.39 is 5.91 Å². The van der Waals surface area contributed by atoms with Crippen LogP contribution in [0.5, 0.6) is 28.7 Å². The number of methoxy groups -OCH3 is 5. The molecule has 0 aliphatic heterocycles. The van der Waals surface area contributed by atoms with Gasteiger partial charge in [-0.1, -0.05) is 0 Å². The molecule has 2 aromatic heterocycles. The van der Waals surface area contributed by atoms with Gasteiger partial charge in [-0.2, -0.15) is 5.10 Å². The topological polar surface area (TPSA) is 105 Å². The van der Waals surface area contributed by atoms with Crippen molar-refractivity contribution in [3.05, 3.63) is 54.4 Å². The van der Waals surface area contributed by atoms with Crippen LogP contribution in [-0.4, -0.2) is 56.1 Å². The molecule has 176 valence electrons. The predicted octanol–water partition coefficient (Wildman–Crippen LogP) is 3.69. The highest BCUT2D eigenvalue weighted by molar-refractivity contribution is 6.04. The number of carbonyl (C=O) groups is 1. The Morgan fingerprint density at radius 3 is 2.09 bits per heavy atom. The molecule has 4 rings (SSSR count). The summed E-state index contributed by atoms with van der Waals surface area (Å²) in [6.07, 6.45) is 1.66. The van der Waals surface area contributed by atoms with Crippen molar-refractivity contribution >= 4 is 17.2 Å². The molecule has 2 aromatic carbocycles. The zero-order valence-electron chi connectivity index (χ0n) is 19.4. The summed E-state index contributed by atoms with van der Waals surface area (Å²) >= 11 is 0. The Bertz CT molecular complexity index is 1330. The van der Waals surface area contributed by atoms with Crippen molar-refractivity contribution in [3.63, 3.8) is 0 Å². The number of rotatable bonds is 8. The van der Waals surface area contributed by atoms with E-state index in [1.165, 1.54) is 21.3 Å². The summed E-state index contributed by atoms with van der Waals surface area (Å²) in [5.74, 6) is 2.05. The third-order valence-corrected chi connectivity index (χ3v) is 5.19. The molecule has 0 bridgehead atoms. The number of nitrogens with one attached hydrogen (secondary N) is 1. The van der Waals surface area contributed by atoms with E-state index in [9.17, 15) is 4.79 Å². The number of carbonyl (C=O) groups excluding carboxylic acids is 1. The largest absolute Gasteiger partial charge is 0.493 e. The van der Waals surface area contributed by atoms with E-state index in [0.717, 1.165) is 11.3 Å². The van der Waals surface area contributed by atoms with Crippen LogP contribution in [0, 0.1) is 0 Å². The second-order valence-electron chi connectivity index (χ2n) is 7.07. The maximum Gasteiger partial charge on any atom is 0.276 e. The van der Waals surface area contributed by atoms with Crippen LogP contribution in [0.3, 0.4) is 0 Å². The highest BCUT2D eigenvalue weighted by Gasteiger charge is 2.18. The van der Waals surface area contributed by atoms with E-state index in [1.54, 1.807) is 43.1 Å². The van der Waals surface area contributed by atoms with Crippen molar-refractivity contribution < 1.29 is 28.5 Å². The van der Waals surface area contributed by atoms with Crippen molar-refractivity contribution in [2.75, 3.05) is 40.9 Å². The Balaban J connectivity index is 1.69. The molecule has 10 heteroatoms. The van der Waals surface area contributed by atoms with Crippen molar-refractivity contribution in [2.45, 2.75) is 0 Å². The molecule has 0 atom stereocenters. The van der Waals surface area contributed by atoms with Crippen molar-refractivity contribution in [1.82, 2.24) is 14.6 Å². The second-order valence-corrected chi connectivity index (χ2v) is 7.07. The van der Waals surface area contributed by atoms with Crippen LogP contribution in [0.25, 0.3) is 16.9 Å². The van der Waals surface area contributed by atoms with Gasteiger partial charge in [-0.25, -0.2) is 9.50 Å². The minimum absolute atomic E-state index is 0.189. The van der Waals surface area contributed by atoms with E-state index in [0.29, 0.717) is 40.1 Å². The van der Waals surface area contributed by atoms with E-state index in [4.69, 9.17) is 23.7 Å². The first-order chi connectivity index (χ1) is 16.5. The van der Waals surface area contributed by atoms with E-state index in [1.807, 2.05) is 24.3 Å². The normalized spacial score (nSPS) is 10.6. The van der Waals surface area contributed by atoms with Gasteiger partial charge in [-0.3, -0.25) is 4.79 Å². The van der Waals surface area contributed by atoms with Gasteiger partial charge in [0.2, 0.25) is 5.75 Å². The number of amides is 1. The fourth-order valence-corrected chi connectivity index (χ4v) is 3.57. The third kappa shape index (κ3) is 4.13. The quantitative estimate of drug-likeness (QED) is 0.421. The van der Waals surface area contributed by atoms with Gasteiger partial charge in [-0.15, -0.1) is 0 Å². The number of ether oxygens (including phenoxy) is 5. The summed E-state index contributed by atoms with van der Waals surface area (Å²) in [4.78, 5) is 17.3. The molecule has 0 fully saturated rings. The number of fused-ring (bicyclic) bond motifs is 1. The number of nitrogens with zero attached hydrogens (tertiary/aromatic N) is 3. The number of hydrogen-bond acceptors (Lipinski definition) is 8. The molecule has 0 aliphatic rings. The molecule has 0 saturated carbocycles. The summed E-state index contributed by atoms with van der Waals surface area (Å²) < 4.78 is 28.4. The average Bonchev–Trinajstić information content (AvgIpc) is 3.32. The highest BCUT2D eigenvalue weighted by atomic mass is 16.5. The zero-order valence-corrected chi connectivity index (χ0v) is 19.4. The smallest absolute Gasteiger partial charge is 0.276 e. The van der Waals surface area contributed by atoms with Crippen LogP contribution < -0.4 is 29.0 Å². The van der Waals surface area contributed by atoms with Gasteiger partial charge in [0.15, 0.2) is 34.3 Å². The molecule has 0 unspecified atom stereocenters. The van der Waals surface area contributed by atoms with Gasteiger partial charge < -0.3 is 29.0 Å². The molecule has 0 aliphatic carbocycles. The summed E-state index contributed by atoms with van der Waals surface area (Å²) in [5.41, 5.74) is 2.73. The lowest BCUT2D eigenvalue weighted by atomic mass is 10.1. The molecule has 34 heavy (non-hydrogen) atoms. The van der Waals surface area contributed by atoms with Crippen molar-refractivity contribution in [3.8, 4) is 40.0 Å². The van der Waals surface area contributed by atoms with E-state index in [2.05, 4.69) is 15.4 Å². The first kappa shape index (κ1) is 22.7. The lowest BCUT2D eigenvalue weighted by Gasteiger charge is -2.14. The summed E-state index contributed by atoms with van der Waals surface area (Å²) in [5, 5.41) is 7.30. The maximum atomic E-state index is 13.0. The summed E-state index contributed by atoms with van der Waals surface area (Å²) in [7, 11) is 7.68. The molecule has 4 aromatic rings. The first-order valence-electron chi connectivity index (χ1n) is 10.2. The summed E-state index contributed by atoms with van der Waals surface area (Å²) in [6, 6.07) is 12.2. The Morgan fingerprint density at radius 1 is 0.794 bits per heavy atom. The first-order valence-corrected chi connectivity index (χ1v) is 10.2. The van der Waals surface area contributed by atoms with Crippen LogP contribution in [-0.2, 0) is 0 Å². The van der Waals surface area contributed by atoms with E-state index >= 15 is 0 Å². The van der Waals surface area contributed by atoms with Crippen LogP contribution in [0.1, 0.15) is 10.5 Å². The molecule has 0 radical (unpaired) electrons. The van der Waals surface area contributed by atoms with Crippen LogP contribution in [0.4, 0.5) is 5.69 Å². The van der Waals surface area contributed by atoms with Crippen molar-refractivity contribution in [2.24, 2.45) is 0 Å². The second kappa shape index (κ2) is 9.57. The highest BCUT2D eigenvalue weighted by Crippen LogP contribution is 2.40. The lowest BCUT2D eigenvalue weighted by molar-refractivity contribution is 0.102. The number of hydrogen-bond donors (Lipinski definition) is 1. The third-order valence-electron chi connectivity index (χ3n) is 5.19. The van der Waals surface area contributed by atoms with Gasteiger partial charge in [0.1, 0.15) is 0 Å². The Kier molecular flexibility index (Phi) is 6.39. The van der Waals surface area contributed by atoms with Gasteiger partial charge in [0.05, 0.1) is 41.2 Å². The van der Waals surface area contributed by atoms with Crippen LogP contribution >= 0.6 is 0 Å². The van der Waals surface area contributed by atoms with Gasteiger partial charge >= 0.3 is 0 Å². The SMILES string of the molecule is COc1ccc(-c2ccnc3cc(C(=O)Nc4cc(OC)c(OC)c(OC)c4)nn23)cc1OC. The van der Waals surface area contributed by atoms with E-state index in [-0.39, 0.29) is 5.69 Å². The lowest BCUT2D eigenvalue weighted by Crippen LogP contribution is -2.13. The minimum Gasteiger partial charge on any atom is -0.493 e. The predicted molar refractivity (Wildman–Crippen MR) is 126 cm³/mol. The average molecular weight is 464 g/mol. The molecule has 1 amide bonds. The molecule has 2 heterocycles. The molecule has 0 saturated heterocycles. The van der Waals surface area contributed by atoms with Gasteiger partial charge in [0, 0.05) is 35.6 Å². The molecule has 0 spiro atoms.